The quantitative estimate of drug-likeness (QED) is 0.805. The van der Waals surface area contributed by atoms with E-state index in [-0.39, 0.29) is 0 Å². The predicted molar refractivity (Wildman–Crippen MR) is 78.6 cm³/mol. The Kier molecular flexibility index (Phi) is 4.44. The van der Waals surface area contributed by atoms with E-state index >= 15 is 0 Å². The monoisotopic (exact) mass is 361 g/mol. The second-order valence-corrected chi connectivity index (χ2v) is 6.37. The van der Waals surface area contributed by atoms with Gasteiger partial charge in [0.1, 0.15) is 5.82 Å². The molecule has 1 aromatic heterocycles. The van der Waals surface area contributed by atoms with Crippen molar-refractivity contribution in [1.29, 1.82) is 0 Å². The first-order chi connectivity index (χ1) is 8.08. The summed E-state index contributed by atoms with van der Waals surface area (Å²) in [7, 11) is 4.32. The Balaban J connectivity index is 2.11. The van der Waals surface area contributed by atoms with Crippen molar-refractivity contribution in [2.24, 2.45) is 0 Å². The normalized spacial score (nSPS) is 18.4. The minimum atomic E-state index is 0.594. The van der Waals surface area contributed by atoms with Gasteiger partial charge in [-0.25, -0.2) is 4.98 Å². The average Bonchev–Trinajstić information content (AvgIpc) is 2.29. The molecule has 3 nitrogen and oxygen atoms in total. The fraction of sp³-hybridized carbons (Fsp3) is 0.583. The summed E-state index contributed by atoms with van der Waals surface area (Å²) in [6, 6.07) is 2.64. The van der Waals surface area contributed by atoms with Crippen LogP contribution < -0.4 is 4.90 Å². The van der Waals surface area contributed by atoms with Crippen LogP contribution in [0.2, 0.25) is 0 Å². The van der Waals surface area contributed by atoms with E-state index in [4.69, 9.17) is 0 Å². The fourth-order valence-corrected chi connectivity index (χ4v) is 3.49. The lowest BCUT2D eigenvalue weighted by molar-refractivity contribution is 0.252. The van der Waals surface area contributed by atoms with E-state index in [1.54, 1.807) is 0 Å². The zero-order valence-electron chi connectivity index (χ0n) is 10.2. The molecule has 5 heteroatoms. The maximum absolute atomic E-state index is 4.49. The summed E-state index contributed by atoms with van der Waals surface area (Å²) in [5, 5.41) is 0. The first kappa shape index (κ1) is 13.3. The summed E-state index contributed by atoms with van der Waals surface area (Å²) in [6.45, 7) is 2.34. The minimum Gasteiger partial charge on any atom is -0.356 e. The molecule has 94 valence electrons. The molecule has 0 unspecified atom stereocenters. The predicted octanol–water partition coefficient (Wildman–Crippen LogP) is 3.14. The summed E-state index contributed by atoms with van der Waals surface area (Å²) in [5.74, 6) is 1.03. The number of rotatable bonds is 2. The van der Waals surface area contributed by atoms with Gasteiger partial charge in [-0.15, -0.1) is 0 Å². The number of likely N-dealkylation sites (tertiary alicyclic amines) is 1. The maximum atomic E-state index is 4.49. The number of aromatic nitrogens is 1. The van der Waals surface area contributed by atoms with E-state index < -0.39 is 0 Å². The van der Waals surface area contributed by atoms with E-state index in [0.717, 1.165) is 14.8 Å². The molecule has 0 aromatic carbocycles. The molecule has 1 saturated heterocycles. The smallest absolute Gasteiger partial charge is 0.142 e. The van der Waals surface area contributed by atoms with Gasteiger partial charge in [0.2, 0.25) is 0 Å². The number of hydrogen-bond acceptors (Lipinski definition) is 3. The molecule has 0 radical (unpaired) electrons. The van der Waals surface area contributed by atoms with Gasteiger partial charge >= 0.3 is 0 Å². The highest BCUT2D eigenvalue weighted by atomic mass is 79.9. The lowest BCUT2D eigenvalue weighted by Gasteiger charge is -2.36. The third kappa shape index (κ3) is 3.20. The van der Waals surface area contributed by atoms with Gasteiger partial charge in [0.05, 0.1) is 4.47 Å². The second kappa shape index (κ2) is 5.67. The first-order valence-electron chi connectivity index (χ1n) is 5.80. The summed E-state index contributed by atoms with van der Waals surface area (Å²) in [6.07, 6.45) is 4.26. The Morgan fingerprint density at radius 2 is 2.00 bits per heavy atom. The third-order valence-electron chi connectivity index (χ3n) is 3.36. The van der Waals surface area contributed by atoms with Crippen LogP contribution in [-0.2, 0) is 0 Å². The van der Waals surface area contributed by atoms with E-state index in [2.05, 4.69) is 60.7 Å². The van der Waals surface area contributed by atoms with Crippen molar-refractivity contribution >= 4 is 37.7 Å². The maximum Gasteiger partial charge on any atom is 0.142 e. The molecule has 1 aliphatic rings. The Hall–Kier alpha value is -0.130. The molecule has 0 atom stereocenters. The summed E-state index contributed by atoms with van der Waals surface area (Å²) in [5.41, 5.74) is 0. The van der Waals surface area contributed by atoms with E-state index in [9.17, 15) is 0 Å². The fourth-order valence-electron chi connectivity index (χ4n) is 2.22. The molecule has 1 aromatic rings. The van der Waals surface area contributed by atoms with Crippen LogP contribution in [0.4, 0.5) is 5.82 Å². The Morgan fingerprint density at radius 3 is 2.59 bits per heavy atom. The molecule has 0 saturated carbocycles. The third-order valence-corrected chi connectivity index (χ3v) is 4.38. The number of halogens is 2. The lowest BCUT2D eigenvalue weighted by atomic mass is 10.0. The molecule has 0 N–H and O–H groups in total. The summed E-state index contributed by atoms with van der Waals surface area (Å²) >= 11 is 7.01. The van der Waals surface area contributed by atoms with E-state index in [1.807, 2.05) is 12.3 Å². The molecule has 0 amide bonds. The summed E-state index contributed by atoms with van der Waals surface area (Å²) in [4.78, 5) is 9.17. The van der Waals surface area contributed by atoms with Gasteiger partial charge in [-0.1, -0.05) is 0 Å². The number of piperidine rings is 1. The Bertz CT molecular complexity index is 389. The van der Waals surface area contributed by atoms with Crippen molar-refractivity contribution < 1.29 is 0 Å². The van der Waals surface area contributed by atoms with Crippen LogP contribution in [0.15, 0.2) is 21.2 Å². The van der Waals surface area contributed by atoms with Crippen LogP contribution >= 0.6 is 31.9 Å². The molecular weight excluding hydrogens is 346 g/mol. The molecule has 1 aliphatic heterocycles. The van der Waals surface area contributed by atoms with Crippen LogP contribution in [0.3, 0.4) is 0 Å². The molecule has 0 aliphatic carbocycles. The SMILES string of the molecule is CN1CCC(N(C)c2ncc(Br)cc2Br)CC1. The zero-order valence-corrected chi connectivity index (χ0v) is 13.3. The van der Waals surface area contributed by atoms with E-state index in [0.29, 0.717) is 6.04 Å². The van der Waals surface area contributed by atoms with Gasteiger partial charge in [0, 0.05) is 23.8 Å². The number of anilines is 1. The minimum absolute atomic E-state index is 0.594. The van der Waals surface area contributed by atoms with Crippen molar-refractivity contribution in [2.45, 2.75) is 18.9 Å². The molecule has 1 fully saturated rings. The number of hydrogen-bond donors (Lipinski definition) is 0. The zero-order chi connectivity index (χ0) is 12.4. The van der Waals surface area contributed by atoms with Crippen LogP contribution in [0.1, 0.15) is 12.8 Å². The van der Waals surface area contributed by atoms with Gasteiger partial charge < -0.3 is 9.80 Å². The number of nitrogens with zero attached hydrogens (tertiary/aromatic N) is 3. The molecule has 2 heterocycles. The van der Waals surface area contributed by atoms with Gasteiger partial charge in [0.25, 0.3) is 0 Å². The molecular formula is C12H17Br2N3. The lowest BCUT2D eigenvalue weighted by Crippen LogP contribution is -2.42. The summed E-state index contributed by atoms with van der Waals surface area (Å²) < 4.78 is 2.05. The first-order valence-corrected chi connectivity index (χ1v) is 7.39. The Labute approximate surface area is 119 Å². The molecule has 2 rings (SSSR count). The van der Waals surface area contributed by atoms with Crippen molar-refractivity contribution in [3.63, 3.8) is 0 Å². The van der Waals surface area contributed by atoms with Crippen LogP contribution in [-0.4, -0.2) is 43.1 Å². The van der Waals surface area contributed by atoms with Crippen LogP contribution in [0.25, 0.3) is 0 Å². The molecule has 17 heavy (non-hydrogen) atoms. The van der Waals surface area contributed by atoms with Crippen molar-refractivity contribution in [3.8, 4) is 0 Å². The largest absolute Gasteiger partial charge is 0.356 e. The highest BCUT2D eigenvalue weighted by molar-refractivity contribution is 9.11. The standard InChI is InChI=1S/C12H17Br2N3/c1-16-5-3-10(4-6-16)17(2)12-11(14)7-9(13)8-15-12/h7-8,10H,3-6H2,1-2H3. The van der Waals surface area contributed by atoms with Crippen molar-refractivity contribution in [1.82, 2.24) is 9.88 Å². The Morgan fingerprint density at radius 1 is 1.35 bits per heavy atom. The van der Waals surface area contributed by atoms with Gasteiger partial charge in [-0.2, -0.15) is 0 Å². The van der Waals surface area contributed by atoms with Crippen molar-refractivity contribution in [2.75, 3.05) is 32.1 Å². The second-order valence-electron chi connectivity index (χ2n) is 4.60. The molecule has 0 bridgehead atoms. The van der Waals surface area contributed by atoms with E-state index in [1.165, 1.54) is 25.9 Å². The topological polar surface area (TPSA) is 19.4 Å². The number of pyridine rings is 1. The van der Waals surface area contributed by atoms with Crippen LogP contribution in [0.5, 0.6) is 0 Å². The van der Waals surface area contributed by atoms with Gasteiger partial charge in [0.15, 0.2) is 0 Å². The van der Waals surface area contributed by atoms with Crippen LogP contribution in [0, 0.1) is 0 Å². The average molecular weight is 363 g/mol. The molecule has 0 spiro atoms. The highest BCUT2D eigenvalue weighted by Gasteiger charge is 2.22. The van der Waals surface area contributed by atoms with Gasteiger partial charge in [-0.05, 0) is 70.9 Å². The van der Waals surface area contributed by atoms with Gasteiger partial charge in [-0.3, -0.25) is 0 Å². The highest BCUT2D eigenvalue weighted by Crippen LogP contribution is 2.29. The van der Waals surface area contributed by atoms with Crippen molar-refractivity contribution in [3.05, 3.63) is 21.2 Å².